The first kappa shape index (κ1) is 21.8. The Morgan fingerprint density at radius 2 is 1.56 bits per heavy atom. The van der Waals surface area contributed by atoms with Crippen molar-refractivity contribution in [3.8, 4) is 5.75 Å². The third kappa shape index (κ3) is 3.94. The number of fused-ring (bicyclic) bond motifs is 1. The van der Waals surface area contributed by atoms with E-state index in [1.54, 1.807) is 30.3 Å². The van der Waals surface area contributed by atoms with Crippen LogP contribution >= 0.6 is 0 Å². The monoisotopic (exact) mass is 447 g/mol. The van der Waals surface area contributed by atoms with Crippen LogP contribution in [0.1, 0.15) is 22.3 Å². The summed E-state index contributed by atoms with van der Waals surface area (Å²) in [5.41, 5.74) is 4.34. The fourth-order valence-corrected chi connectivity index (χ4v) is 5.17. The van der Waals surface area contributed by atoms with Crippen LogP contribution in [-0.4, -0.2) is 20.1 Å². The molecule has 1 aromatic heterocycles. The summed E-state index contributed by atoms with van der Waals surface area (Å²) < 4.78 is 34.0. The predicted octanol–water partition coefficient (Wildman–Crippen LogP) is 4.82. The van der Waals surface area contributed by atoms with Gasteiger partial charge in [0, 0.05) is 12.7 Å². The van der Waals surface area contributed by atoms with Gasteiger partial charge in [-0.2, -0.15) is 0 Å². The highest BCUT2D eigenvalue weighted by Crippen LogP contribution is 2.25. The SMILES string of the molecule is COc1ccc2c(c1)c(=O)c(S(=O)(=O)c1ccc(C)cc1)cn2Cc1cc(C)ccc1C. The number of ether oxygens (including phenoxy) is 1. The van der Waals surface area contributed by atoms with Crippen molar-refractivity contribution in [1.82, 2.24) is 4.57 Å². The topological polar surface area (TPSA) is 65.4 Å². The largest absolute Gasteiger partial charge is 0.497 e. The third-order valence-corrected chi connectivity index (χ3v) is 7.48. The molecule has 6 heteroatoms. The van der Waals surface area contributed by atoms with Crippen molar-refractivity contribution in [3.63, 3.8) is 0 Å². The Bertz CT molecular complexity index is 1480. The van der Waals surface area contributed by atoms with E-state index >= 15 is 0 Å². The van der Waals surface area contributed by atoms with Crippen LogP contribution < -0.4 is 10.2 Å². The molecule has 0 bridgehead atoms. The van der Waals surface area contributed by atoms with Gasteiger partial charge >= 0.3 is 0 Å². The van der Waals surface area contributed by atoms with Crippen LogP contribution in [0.25, 0.3) is 10.9 Å². The normalized spacial score (nSPS) is 11.6. The van der Waals surface area contributed by atoms with Crippen LogP contribution in [0.2, 0.25) is 0 Å². The Labute approximate surface area is 187 Å². The fourth-order valence-electron chi connectivity index (χ4n) is 3.80. The van der Waals surface area contributed by atoms with Gasteiger partial charge in [-0.05, 0) is 62.2 Å². The highest BCUT2D eigenvalue weighted by Gasteiger charge is 2.24. The Morgan fingerprint density at radius 1 is 0.875 bits per heavy atom. The number of methoxy groups -OCH3 is 1. The number of rotatable bonds is 5. The average molecular weight is 448 g/mol. The lowest BCUT2D eigenvalue weighted by Crippen LogP contribution is -2.20. The quantitative estimate of drug-likeness (QED) is 0.440. The number of hydrogen-bond donors (Lipinski definition) is 0. The summed E-state index contributed by atoms with van der Waals surface area (Å²) in [4.78, 5) is 13.2. The van der Waals surface area contributed by atoms with Crippen LogP contribution in [0.4, 0.5) is 0 Å². The lowest BCUT2D eigenvalue weighted by molar-refractivity contribution is 0.415. The summed E-state index contributed by atoms with van der Waals surface area (Å²) in [5.74, 6) is 0.498. The first-order chi connectivity index (χ1) is 15.2. The summed E-state index contributed by atoms with van der Waals surface area (Å²) in [6, 6.07) is 17.9. The van der Waals surface area contributed by atoms with Gasteiger partial charge in [-0.3, -0.25) is 4.79 Å². The second-order valence-corrected chi connectivity index (χ2v) is 10.00. The van der Waals surface area contributed by atoms with Gasteiger partial charge in [0.1, 0.15) is 10.6 Å². The number of nitrogens with zero attached hydrogens (tertiary/aromatic N) is 1. The fraction of sp³-hybridized carbons (Fsp3) is 0.192. The zero-order valence-corrected chi connectivity index (χ0v) is 19.4. The van der Waals surface area contributed by atoms with Crippen LogP contribution in [-0.2, 0) is 16.4 Å². The van der Waals surface area contributed by atoms with Gasteiger partial charge in [0.2, 0.25) is 15.3 Å². The zero-order valence-electron chi connectivity index (χ0n) is 18.5. The molecule has 0 unspecified atom stereocenters. The summed E-state index contributed by atoms with van der Waals surface area (Å²) in [6.07, 6.45) is 1.47. The molecule has 0 atom stereocenters. The van der Waals surface area contributed by atoms with E-state index in [1.807, 2.05) is 37.5 Å². The highest BCUT2D eigenvalue weighted by atomic mass is 32.2. The number of sulfone groups is 1. The van der Waals surface area contributed by atoms with Crippen molar-refractivity contribution in [1.29, 1.82) is 0 Å². The van der Waals surface area contributed by atoms with E-state index in [-0.39, 0.29) is 9.79 Å². The predicted molar refractivity (Wildman–Crippen MR) is 126 cm³/mol. The standard InChI is InChI=1S/C26H25NO4S/c1-17-6-10-22(11-7-17)32(29,30)25-16-27(15-20-13-18(2)5-8-19(20)3)24-12-9-21(31-4)14-23(24)26(25)28/h5-14,16H,15H2,1-4H3. The Morgan fingerprint density at radius 3 is 2.25 bits per heavy atom. The molecule has 0 amide bonds. The number of hydrogen-bond acceptors (Lipinski definition) is 4. The Hall–Kier alpha value is -3.38. The second-order valence-electron chi connectivity index (χ2n) is 8.08. The lowest BCUT2D eigenvalue weighted by Gasteiger charge is -2.16. The highest BCUT2D eigenvalue weighted by molar-refractivity contribution is 7.91. The molecule has 4 rings (SSSR count). The number of aryl methyl sites for hydroxylation is 3. The number of aromatic nitrogens is 1. The van der Waals surface area contributed by atoms with Crippen molar-refractivity contribution < 1.29 is 13.2 Å². The van der Waals surface area contributed by atoms with Crippen LogP contribution in [0.15, 0.2) is 81.4 Å². The Kier molecular flexibility index (Phi) is 5.65. The van der Waals surface area contributed by atoms with Crippen LogP contribution in [0, 0.1) is 20.8 Å². The van der Waals surface area contributed by atoms with Gasteiger partial charge in [0.05, 0.1) is 22.9 Å². The zero-order chi connectivity index (χ0) is 23.0. The van der Waals surface area contributed by atoms with Crippen molar-refractivity contribution in [3.05, 3.63) is 99.3 Å². The van der Waals surface area contributed by atoms with E-state index in [0.717, 1.165) is 22.3 Å². The van der Waals surface area contributed by atoms with Gasteiger partial charge in [0.15, 0.2) is 0 Å². The maximum absolute atomic E-state index is 13.4. The van der Waals surface area contributed by atoms with Gasteiger partial charge in [-0.25, -0.2) is 8.42 Å². The van der Waals surface area contributed by atoms with Gasteiger partial charge in [-0.15, -0.1) is 0 Å². The summed E-state index contributed by atoms with van der Waals surface area (Å²) in [7, 11) is -2.49. The van der Waals surface area contributed by atoms with Crippen molar-refractivity contribution in [2.75, 3.05) is 7.11 Å². The van der Waals surface area contributed by atoms with Gasteiger partial charge in [0.25, 0.3) is 0 Å². The maximum atomic E-state index is 13.4. The molecule has 0 spiro atoms. The molecule has 1 heterocycles. The van der Waals surface area contributed by atoms with E-state index in [2.05, 4.69) is 6.07 Å². The number of benzene rings is 3. The molecule has 0 N–H and O–H groups in total. The molecule has 0 aliphatic heterocycles. The molecule has 0 aliphatic carbocycles. The van der Waals surface area contributed by atoms with Gasteiger partial charge < -0.3 is 9.30 Å². The third-order valence-electron chi connectivity index (χ3n) is 5.72. The molecule has 5 nitrogen and oxygen atoms in total. The van der Waals surface area contributed by atoms with Crippen molar-refractivity contribution in [2.45, 2.75) is 37.1 Å². The molecule has 4 aromatic rings. The van der Waals surface area contributed by atoms with Crippen molar-refractivity contribution in [2.24, 2.45) is 0 Å². The summed E-state index contributed by atoms with van der Waals surface area (Å²) in [5, 5.41) is 0.308. The smallest absolute Gasteiger partial charge is 0.211 e. The van der Waals surface area contributed by atoms with E-state index in [9.17, 15) is 13.2 Å². The Balaban J connectivity index is 1.99. The second kappa shape index (κ2) is 8.28. The molecule has 0 saturated heterocycles. The van der Waals surface area contributed by atoms with Crippen LogP contribution in [0.3, 0.4) is 0 Å². The molecule has 0 saturated carbocycles. The minimum absolute atomic E-state index is 0.0979. The molecule has 0 aliphatic rings. The van der Waals surface area contributed by atoms with Gasteiger partial charge in [-0.1, -0.05) is 41.5 Å². The molecule has 0 radical (unpaired) electrons. The van der Waals surface area contributed by atoms with E-state index in [4.69, 9.17) is 4.74 Å². The molecule has 0 fully saturated rings. The molecule has 32 heavy (non-hydrogen) atoms. The minimum Gasteiger partial charge on any atom is -0.497 e. The average Bonchev–Trinajstić information content (AvgIpc) is 2.78. The molecule has 3 aromatic carbocycles. The number of pyridine rings is 1. The van der Waals surface area contributed by atoms with E-state index in [1.165, 1.54) is 25.4 Å². The lowest BCUT2D eigenvalue weighted by atomic mass is 10.1. The maximum Gasteiger partial charge on any atom is 0.211 e. The van der Waals surface area contributed by atoms with Crippen LogP contribution in [0.5, 0.6) is 5.75 Å². The molecular formula is C26H25NO4S. The molecular weight excluding hydrogens is 422 g/mol. The van der Waals surface area contributed by atoms with E-state index in [0.29, 0.717) is 23.2 Å². The summed E-state index contributed by atoms with van der Waals surface area (Å²) in [6.45, 7) is 6.36. The van der Waals surface area contributed by atoms with E-state index < -0.39 is 15.3 Å². The first-order valence-electron chi connectivity index (χ1n) is 10.3. The molecule has 164 valence electrons. The summed E-state index contributed by atoms with van der Waals surface area (Å²) >= 11 is 0. The first-order valence-corrected chi connectivity index (χ1v) is 11.8. The minimum atomic E-state index is -4.00. The van der Waals surface area contributed by atoms with Crippen molar-refractivity contribution >= 4 is 20.7 Å².